The number of halogens is 1. The zero-order chi connectivity index (χ0) is 17.7. The van der Waals surface area contributed by atoms with E-state index < -0.39 is 10.0 Å². The maximum Gasteiger partial charge on any atom is 0.243 e. The minimum atomic E-state index is -3.58. The van der Waals surface area contributed by atoms with Gasteiger partial charge in [-0.25, -0.2) is 8.42 Å². The molecule has 0 saturated heterocycles. The van der Waals surface area contributed by atoms with Gasteiger partial charge >= 0.3 is 0 Å². The Morgan fingerprint density at radius 3 is 2.52 bits per heavy atom. The van der Waals surface area contributed by atoms with Crippen molar-refractivity contribution in [2.45, 2.75) is 17.9 Å². The Labute approximate surface area is 160 Å². The summed E-state index contributed by atoms with van der Waals surface area (Å²) in [4.78, 5) is 5.55. The molecule has 1 aromatic carbocycles. The standard InChI is InChI=1S/C18H17BrN2O2S2/c19-16-5-7-18(8-6-16)25(22,23)21(11-9-17-4-2-12-24-17)14-15-3-1-10-20-13-15/h1-8,10,12-13H,9,11,14H2. The molecule has 0 amide bonds. The molecular weight excluding hydrogens is 420 g/mol. The van der Waals surface area contributed by atoms with Crippen LogP contribution in [0.5, 0.6) is 0 Å². The summed E-state index contributed by atoms with van der Waals surface area (Å²) in [6.45, 7) is 0.728. The third-order valence-electron chi connectivity index (χ3n) is 3.72. The summed E-state index contributed by atoms with van der Waals surface area (Å²) in [5, 5.41) is 2.00. The van der Waals surface area contributed by atoms with Gasteiger partial charge in [-0.2, -0.15) is 4.31 Å². The van der Waals surface area contributed by atoms with E-state index in [1.54, 1.807) is 48.0 Å². The highest BCUT2D eigenvalue weighted by atomic mass is 79.9. The van der Waals surface area contributed by atoms with Crippen LogP contribution in [-0.4, -0.2) is 24.3 Å². The number of rotatable bonds is 7. The average molecular weight is 437 g/mol. The molecule has 3 rings (SSSR count). The Kier molecular flexibility index (Phi) is 6.01. The van der Waals surface area contributed by atoms with Gasteiger partial charge < -0.3 is 0 Å². The molecule has 25 heavy (non-hydrogen) atoms. The summed E-state index contributed by atoms with van der Waals surface area (Å²) >= 11 is 4.98. The van der Waals surface area contributed by atoms with E-state index >= 15 is 0 Å². The first-order valence-corrected chi connectivity index (χ1v) is 10.8. The quantitative estimate of drug-likeness (QED) is 0.553. The molecule has 0 aliphatic carbocycles. The fourth-order valence-corrected chi connectivity index (χ4v) is 4.82. The molecule has 3 aromatic rings. The van der Waals surface area contributed by atoms with Gasteiger partial charge in [0.25, 0.3) is 0 Å². The number of thiophene rings is 1. The van der Waals surface area contributed by atoms with E-state index in [0.29, 0.717) is 24.4 Å². The number of nitrogens with zero attached hydrogens (tertiary/aromatic N) is 2. The van der Waals surface area contributed by atoms with Gasteiger partial charge in [0.2, 0.25) is 10.0 Å². The lowest BCUT2D eigenvalue weighted by molar-refractivity contribution is 0.410. The van der Waals surface area contributed by atoms with Crippen LogP contribution in [-0.2, 0) is 23.0 Å². The molecule has 7 heteroatoms. The molecule has 0 spiro atoms. The number of benzene rings is 1. The predicted octanol–water partition coefficient (Wildman–Crippen LogP) is 4.34. The van der Waals surface area contributed by atoms with Crippen molar-refractivity contribution in [3.63, 3.8) is 0 Å². The minimum absolute atomic E-state index is 0.297. The first kappa shape index (κ1) is 18.3. The van der Waals surface area contributed by atoms with Crippen molar-refractivity contribution in [3.8, 4) is 0 Å². The van der Waals surface area contributed by atoms with Gasteiger partial charge in [-0.15, -0.1) is 11.3 Å². The van der Waals surface area contributed by atoms with Gasteiger partial charge in [0.05, 0.1) is 4.90 Å². The first-order valence-electron chi connectivity index (χ1n) is 7.73. The maximum absolute atomic E-state index is 13.1. The van der Waals surface area contributed by atoms with Crippen LogP contribution in [0.1, 0.15) is 10.4 Å². The number of hydrogen-bond acceptors (Lipinski definition) is 4. The van der Waals surface area contributed by atoms with E-state index in [-0.39, 0.29) is 0 Å². The normalized spacial score (nSPS) is 11.8. The Bertz CT molecular complexity index is 896. The lowest BCUT2D eigenvalue weighted by Gasteiger charge is -2.22. The zero-order valence-corrected chi connectivity index (χ0v) is 16.6. The summed E-state index contributed by atoms with van der Waals surface area (Å²) in [7, 11) is -3.58. The smallest absolute Gasteiger partial charge is 0.243 e. The van der Waals surface area contributed by atoms with Gasteiger partial charge in [0.15, 0.2) is 0 Å². The lowest BCUT2D eigenvalue weighted by atomic mass is 10.3. The highest BCUT2D eigenvalue weighted by Crippen LogP contribution is 2.21. The molecule has 4 nitrogen and oxygen atoms in total. The number of pyridine rings is 1. The first-order chi connectivity index (χ1) is 12.1. The van der Waals surface area contributed by atoms with Gasteiger partial charge in [-0.3, -0.25) is 4.98 Å². The fourth-order valence-electron chi connectivity index (χ4n) is 2.42. The van der Waals surface area contributed by atoms with Crippen LogP contribution in [0.3, 0.4) is 0 Å². The lowest BCUT2D eigenvalue weighted by Crippen LogP contribution is -2.32. The van der Waals surface area contributed by atoms with Crippen molar-refractivity contribution >= 4 is 37.3 Å². The zero-order valence-electron chi connectivity index (χ0n) is 13.4. The van der Waals surface area contributed by atoms with Crippen molar-refractivity contribution in [2.75, 3.05) is 6.54 Å². The highest BCUT2D eigenvalue weighted by molar-refractivity contribution is 9.10. The summed E-state index contributed by atoms with van der Waals surface area (Å²) < 4.78 is 28.6. The van der Waals surface area contributed by atoms with Gasteiger partial charge in [-0.05, 0) is 53.8 Å². The van der Waals surface area contributed by atoms with E-state index in [0.717, 1.165) is 10.0 Å². The minimum Gasteiger partial charge on any atom is -0.264 e. The summed E-state index contributed by atoms with van der Waals surface area (Å²) in [5.74, 6) is 0. The van der Waals surface area contributed by atoms with Crippen LogP contribution in [0.25, 0.3) is 0 Å². The van der Waals surface area contributed by atoms with Crippen molar-refractivity contribution in [2.24, 2.45) is 0 Å². The topological polar surface area (TPSA) is 50.3 Å². The van der Waals surface area contributed by atoms with Crippen molar-refractivity contribution < 1.29 is 8.42 Å². The molecule has 0 N–H and O–H groups in total. The third kappa shape index (κ3) is 4.76. The van der Waals surface area contributed by atoms with E-state index in [9.17, 15) is 8.42 Å². The van der Waals surface area contributed by atoms with Crippen molar-refractivity contribution in [1.29, 1.82) is 0 Å². The van der Waals surface area contributed by atoms with E-state index in [1.165, 1.54) is 9.18 Å². The molecule has 2 aromatic heterocycles. The molecular formula is C18H17BrN2O2S2. The number of hydrogen-bond donors (Lipinski definition) is 0. The second kappa shape index (κ2) is 8.23. The van der Waals surface area contributed by atoms with Gasteiger partial charge in [0, 0.05) is 34.8 Å². The SMILES string of the molecule is O=S(=O)(c1ccc(Br)cc1)N(CCc1cccs1)Cc1cccnc1. The van der Waals surface area contributed by atoms with Crippen LogP contribution in [0.4, 0.5) is 0 Å². The molecule has 0 saturated carbocycles. The Morgan fingerprint density at radius 1 is 1.08 bits per heavy atom. The summed E-state index contributed by atoms with van der Waals surface area (Å²) in [6.07, 6.45) is 4.08. The molecule has 0 radical (unpaired) electrons. The number of sulfonamides is 1. The van der Waals surface area contributed by atoms with E-state index in [1.807, 2.05) is 29.6 Å². The van der Waals surface area contributed by atoms with Crippen LogP contribution in [0.2, 0.25) is 0 Å². The fraction of sp³-hybridized carbons (Fsp3) is 0.167. The van der Waals surface area contributed by atoms with Gasteiger partial charge in [0.1, 0.15) is 0 Å². The van der Waals surface area contributed by atoms with E-state index in [4.69, 9.17) is 0 Å². The van der Waals surface area contributed by atoms with Gasteiger partial charge in [-0.1, -0.05) is 28.1 Å². The molecule has 130 valence electrons. The maximum atomic E-state index is 13.1. The molecule has 2 heterocycles. The molecule has 0 unspecified atom stereocenters. The van der Waals surface area contributed by atoms with Crippen LogP contribution in [0.15, 0.2) is 75.7 Å². The van der Waals surface area contributed by atoms with Crippen LogP contribution < -0.4 is 0 Å². The largest absolute Gasteiger partial charge is 0.264 e. The van der Waals surface area contributed by atoms with Crippen LogP contribution in [0, 0.1) is 0 Å². The Hall–Kier alpha value is -1.54. The second-order valence-corrected chi connectivity index (χ2v) is 9.37. The molecule has 0 bridgehead atoms. The highest BCUT2D eigenvalue weighted by Gasteiger charge is 2.24. The predicted molar refractivity (Wildman–Crippen MR) is 104 cm³/mol. The Morgan fingerprint density at radius 2 is 1.88 bits per heavy atom. The van der Waals surface area contributed by atoms with E-state index in [2.05, 4.69) is 20.9 Å². The molecule has 0 fully saturated rings. The summed E-state index contributed by atoms with van der Waals surface area (Å²) in [5.41, 5.74) is 0.870. The second-order valence-electron chi connectivity index (χ2n) is 5.48. The average Bonchev–Trinajstić information content (AvgIpc) is 3.13. The monoisotopic (exact) mass is 436 g/mol. The third-order valence-corrected chi connectivity index (χ3v) is 7.05. The van der Waals surface area contributed by atoms with Crippen LogP contribution >= 0.6 is 27.3 Å². The summed E-state index contributed by atoms with van der Waals surface area (Å²) in [6, 6.07) is 14.5. The Balaban J connectivity index is 1.87. The number of aromatic nitrogens is 1. The molecule has 0 aliphatic rings. The van der Waals surface area contributed by atoms with Crippen molar-refractivity contribution in [3.05, 3.63) is 81.2 Å². The molecule has 0 aliphatic heterocycles. The van der Waals surface area contributed by atoms with Crippen molar-refractivity contribution in [1.82, 2.24) is 9.29 Å². The molecule has 0 atom stereocenters.